The zero-order valence-electron chi connectivity index (χ0n) is 17.7. The lowest BCUT2D eigenvalue weighted by atomic mass is 9.85. The molecule has 0 atom stereocenters. The molecule has 30 heavy (non-hydrogen) atoms. The number of hydrogen-bond acceptors (Lipinski definition) is 3. The molecule has 0 unspecified atom stereocenters. The molecule has 2 aromatic rings. The lowest BCUT2D eigenvalue weighted by Crippen LogP contribution is -2.16. The summed E-state index contributed by atoms with van der Waals surface area (Å²) in [5.74, 6) is 3.79. The quantitative estimate of drug-likeness (QED) is 0.419. The van der Waals surface area contributed by atoms with Crippen LogP contribution in [0.3, 0.4) is 0 Å². The Morgan fingerprint density at radius 3 is 2.27 bits per heavy atom. The van der Waals surface area contributed by atoms with Gasteiger partial charge in [-0.2, -0.15) is 13.2 Å². The second-order valence-corrected chi connectivity index (χ2v) is 13.2. The van der Waals surface area contributed by atoms with Gasteiger partial charge >= 0.3 is 6.18 Å². The van der Waals surface area contributed by atoms with E-state index in [4.69, 9.17) is 4.52 Å². The summed E-state index contributed by atoms with van der Waals surface area (Å²) in [5, 5.41) is 13.7. The summed E-state index contributed by atoms with van der Waals surface area (Å²) in [4.78, 5) is 0. The first-order valence-electron chi connectivity index (χ1n) is 9.67. The summed E-state index contributed by atoms with van der Waals surface area (Å²) in [7, 11) is -1.84. The van der Waals surface area contributed by atoms with E-state index in [0.29, 0.717) is 52.1 Å². The molecule has 0 fully saturated rings. The largest absolute Gasteiger partial charge is 0.512 e. The fourth-order valence-corrected chi connectivity index (χ4v) is 3.88. The minimum absolute atomic E-state index is 0.211. The van der Waals surface area contributed by atoms with Gasteiger partial charge in [0, 0.05) is 23.1 Å². The normalized spacial score (nSPS) is 14.7. The van der Waals surface area contributed by atoms with E-state index in [0.717, 1.165) is 6.07 Å². The summed E-state index contributed by atoms with van der Waals surface area (Å²) in [6.45, 7) is 9.64. The maximum atomic E-state index is 13.7. The number of aromatic nitrogens is 1. The first-order valence-corrected chi connectivity index (χ1v) is 13.2. The molecule has 1 aromatic carbocycles. The number of rotatable bonds is 2. The summed E-state index contributed by atoms with van der Waals surface area (Å²) < 4.78 is 46.6. The van der Waals surface area contributed by atoms with Gasteiger partial charge in [-0.3, -0.25) is 0 Å². The molecule has 1 heterocycles. The van der Waals surface area contributed by atoms with Gasteiger partial charge in [0.2, 0.25) is 0 Å². The van der Waals surface area contributed by atoms with Gasteiger partial charge in [0.25, 0.3) is 0 Å². The van der Waals surface area contributed by atoms with Gasteiger partial charge in [-0.05, 0) is 49.6 Å². The van der Waals surface area contributed by atoms with Crippen LogP contribution in [0.15, 0.2) is 34.6 Å². The smallest absolute Gasteiger partial charge is 0.416 e. The van der Waals surface area contributed by atoms with Gasteiger partial charge in [0.15, 0.2) is 0 Å². The number of nitrogens with zero attached hydrogens (tertiary/aromatic N) is 1. The van der Waals surface area contributed by atoms with Gasteiger partial charge < -0.3 is 9.63 Å². The molecule has 1 aromatic heterocycles. The molecule has 0 saturated heterocycles. The third-order valence-electron chi connectivity index (χ3n) is 4.79. The molecule has 0 radical (unpaired) electrons. The SMILES string of the molecule is Cc1noc(C)c1-c1c(C#C[Si](C)(C)C)cc(C(F)(F)F)cc1C1=CC=C(O)CC1. The van der Waals surface area contributed by atoms with Crippen molar-refractivity contribution in [2.75, 3.05) is 0 Å². The highest BCUT2D eigenvalue weighted by atomic mass is 28.3. The van der Waals surface area contributed by atoms with E-state index >= 15 is 0 Å². The van der Waals surface area contributed by atoms with Gasteiger partial charge in [-0.1, -0.05) is 36.8 Å². The van der Waals surface area contributed by atoms with Crippen LogP contribution in [0.2, 0.25) is 19.6 Å². The molecule has 0 saturated carbocycles. The van der Waals surface area contributed by atoms with Crippen LogP contribution in [-0.4, -0.2) is 18.3 Å². The maximum absolute atomic E-state index is 13.7. The molecule has 7 heteroatoms. The zero-order chi connectivity index (χ0) is 22.3. The van der Waals surface area contributed by atoms with E-state index in [-0.39, 0.29) is 5.76 Å². The third-order valence-corrected chi connectivity index (χ3v) is 5.67. The van der Waals surface area contributed by atoms with E-state index in [1.54, 1.807) is 19.9 Å². The summed E-state index contributed by atoms with van der Waals surface area (Å²) in [6.07, 6.45) is -0.496. The number of aryl methyl sites for hydroxylation is 2. The molecule has 3 rings (SSSR count). The van der Waals surface area contributed by atoms with Crippen LogP contribution < -0.4 is 0 Å². The molecular weight excluding hydrogens is 407 g/mol. The first kappa shape index (κ1) is 22.0. The van der Waals surface area contributed by atoms with E-state index in [1.807, 2.05) is 19.6 Å². The summed E-state index contributed by atoms with van der Waals surface area (Å²) in [6, 6.07) is 2.29. The number of hydrogen-bond donors (Lipinski definition) is 1. The lowest BCUT2D eigenvalue weighted by Gasteiger charge is -2.20. The Labute approximate surface area is 175 Å². The Balaban J connectivity index is 2.42. The fraction of sp³-hybridized carbons (Fsp3) is 0.348. The van der Waals surface area contributed by atoms with Crippen LogP contribution in [-0.2, 0) is 6.18 Å². The maximum Gasteiger partial charge on any atom is 0.416 e. The summed E-state index contributed by atoms with van der Waals surface area (Å²) >= 11 is 0. The number of aliphatic hydroxyl groups excluding tert-OH is 1. The Bertz CT molecular complexity index is 1090. The molecule has 3 nitrogen and oxygen atoms in total. The number of halogens is 3. The molecule has 1 aliphatic rings. The van der Waals surface area contributed by atoms with E-state index in [1.165, 1.54) is 12.1 Å². The van der Waals surface area contributed by atoms with Crippen LogP contribution in [0.4, 0.5) is 13.2 Å². The van der Waals surface area contributed by atoms with Crippen molar-refractivity contribution in [3.05, 3.63) is 58.2 Å². The van der Waals surface area contributed by atoms with Crippen molar-refractivity contribution in [1.82, 2.24) is 5.16 Å². The predicted molar refractivity (Wildman–Crippen MR) is 115 cm³/mol. The van der Waals surface area contributed by atoms with Crippen LogP contribution in [0.25, 0.3) is 16.7 Å². The number of aliphatic hydroxyl groups is 1. The molecule has 0 amide bonds. The molecule has 0 bridgehead atoms. The topological polar surface area (TPSA) is 46.3 Å². The van der Waals surface area contributed by atoms with Crippen LogP contribution in [0, 0.1) is 25.3 Å². The highest BCUT2D eigenvalue weighted by Gasteiger charge is 2.33. The Kier molecular flexibility index (Phi) is 5.74. The van der Waals surface area contributed by atoms with E-state index < -0.39 is 19.8 Å². The Hall–Kier alpha value is -2.72. The molecule has 1 N–H and O–H groups in total. The summed E-state index contributed by atoms with van der Waals surface area (Å²) in [5.41, 5.74) is 5.79. The van der Waals surface area contributed by atoms with Crippen LogP contribution in [0.1, 0.15) is 41.0 Å². The number of alkyl halides is 3. The third kappa shape index (κ3) is 4.70. The van der Waals surface area contributed by atoms with Crippen molar-refractivity contribution in [3.8, 4) is 22.6 Å². The van der Waals surface area contributed by atoms with Gasteiger partial charge in [-0.25, -0.2) is 0 Å². The molecule has 1 aliphatic carbocycles. The average molecular weight is 432 g/mol. The van der Waals surface area contributed by atoms with Gasteiger partial charge in [-0.15, -0.1) is 5.54 Å². The standard InChI is InChI=1S/C23H24F3NO2Si/c1-14-21(15(2)29-27-14)22-17(10-11-30(3,4)5)12-18(23(24,25)26)13-20(22)16-6-8-19(28)9-7-16/h6,8,12-13,28H,7,9H2,1-5H3. The van der Waals surface area contributed by atoms with Crippen molar-refractivity contribution in [2.45, 2.75) is 52.5 Å². The van der Waals surface area contributed by atoms with Crippen LogP contribution in [0.5, 0.6) is 0 Å². The van der Waals surface area contributed by atoms with Gasteiger partial charge in [0.1, 0.15) is 13.8 Å². The van der Waals surface area contributed by atoms with Crippen molar-refractivity contribution in [3.63, 3.8) is 0 Å². The Morgan fingerprint density at radius 2 is 1.77 bits per heavy atom. The molecule has 158 valence electrons. The second-order valence-electron chi connectivity index (χ2n) is 8.49. The second kappa shape index (κ2) is 7.84. The van der Waals surface area contributed by atoms with Crippen LogP contribution >= 0.6 is 0 Å². The first-order chi connectivity index (χ1) is 13.9. The zero-order valence-corrected chi connectivity index (χ0v) is 18.7. The van der Waals surface area contributed by atoms with Crippen molar-refractivity contribution >= 4 is 13.6 Å². The lowest BCUT2D eigenvalue weighted by molar-refractivity contribution is -0.137. The highest BCUT2D eigenvalue weighted by molar-refractivity contribution is 6.83. The minimum atomic E-state index is -4.51. The van der Waals surface area contributed by atoms with Gasteiger partial charge in [0.05, 0.1) is 17.0 Å². The highest BCUT2D eigenvalue weighted by Crippen LogP contribution is 2.42. The molecule has 0 spiro atoms. The monoisotopic (exact) mass is 431 g/mol. The van der Waals surface area contributed by atoms with Crippen molar-refractivity contribution in [1.29, 1.82) is 0 Å². The Morgan fingerprint density at radius 1 is 1.07 bits per heavy atom. The van der Waals surface area contributed by atoms with Crippen molar-refractivity contribution in [2.24, 2.45) is 0 Å². The van der Waals surface area contributed by atoms with E-state index in [9.17, 15) is 18.3 Å². The van der Waals surface area contributed by atoms with E-state index in [2.05, 4.69) is 16.6 Å². The minimum Gasteiger partial charge on any atom is -0.512 e. The predicted octanol–water partition coefficient (Wildman–Crippen LogP) is 6.83. The number of benzene rings is 1. The molecule has 0 aliphatic heterocycles. The number of allylic oxidation sites excluding steroid dienone is 4. The molecular formula is C23H24F3NO2Si. The van der Waals surface area contributed by atoms with Crippen molar-refractivity contribution < 1.29 is 22.8 Å². The fourth-order valence-electron chi connectivity index (χ4n) is 3.37. The average Bonchev–Trinajstić information content (AvgIpc) is 2.97.